The molecule has 2 aromatic rings. The van der Waals surface area contributed by atoms with Crippen molar-refractivity contribution in [2.45, 2.75) is 12.0 Å². The van der Waals surface area contributed by atoms with Crippen LogP contribution in [0.4, 0.5) is 0 Å². The number of carboxylic acid groups (broad SMARTS) is 1. The summed E-state index contributed by atoms with van der Waals surface area (Å²) in [4.78, 5) is 23.8. The molecule has 3 N–H and O–H groups in total. The van der Waals surface area contributed by atoms with Crippen LogP contribution in [-0.4, -0.2) is 27.3 Å². The van der Waals surface area contributed by atoms with E-state index in [0.717, 1.165) is 12.1 Å². The lowest BCUT2D eigenvalue weighted by atomic mass is 9.84. The molecule has 112 valence electrons. The van der Waals surface area contributed by atoms with Gasteiger partial charge in [0.25, 0.3) is 0 Å². The van der Waals surface area contributed by atoms with Crippen LogP contribution in [0.5, 0.6) is 11.5 Å². The van der Waals surface area contributed by atoms with E-state index in [1.165, 1.54) is 0 Å². The first-order valence-electron chi connectivity index (χ1n) is 6.53. The molecule has 0 unspecified atom stereocenters. The first kappa shape index (κ1) is 13.9. The third-order valence-electron chi connectivity index (χ3n) is 3.63. The van der Waals surface area contributed by atoms with Crippen molar-refractivity contribution in [3.05, 3.63) is 59.2 Å². The minimum atomic E-state index is -1.19. The predicted octanol–water partition coefficient (Wildman–Crippen LogP) is 2.18. The summed E-state index contributed by atoms with van der Waals surface area (Å²) in [6.45, 7) is 0. The highest BCUT2D eigenvalue weighted by molar-refractivity contribution is 5.97. The molecule has 2 aromatic carbocycles. The number of carboxylic acids is 1. The molecule has 1 aliphatic rings. The van der Waals surface area contributed by atoms with Gasteiger partial charge in [0.2, 0.25) is 0 Å². The molecule has 0 fully saturated rings. The molecule has 0 amide bonds. The van der Waals surface area contributed by atoms with Crippen molar-refractivity contribution in [2.75, 3.05) is 0 Å². The fourth-order valence-electron chi connectivity index (χ4n) is 2.60. The van der Waals surface area contributed by atoms with E-state index in [0.29, 0.717) is 5.56 Å². The van der Waals surface area contributed by atoms with Crippen molar-refractivity contribution < 1.29 is 29.6 Å². The highest BCUT2D eigenvalue weighted by Crippen LogP contribution is 2.44. The Labute approximate surface area is 125 Å². The fraction of sp³-hybridized carbons (Fsp3) is 0.125. The molecule has 0 saturated heterocycles. The van der Waals surface area contributed by atoms with Crippen LogP contribution in [-0.2, 0) is 9.53 Å². The van der Waals surface area contributed by atoms with Gasteiger partial charge in [-0.1, -0.05) is 30.3 Å². The van der Waals surface area contributed by atoms with E-state index >= 15 is 0 Å². The van der Waals surface area contributed by atoms with Crippen molar-refractivity contribution >= 4 is 11.9 Å². The smallest absolute Gasteiger partial charge is 0.339 e. The van der Waals surface area contributed by atoms with Gasteiger partial charge in [-0.15, -0.1) is 0 Å². The lowest BCUT2D eigenvalue weighted by Crippen LogP contribution is -2.31. The fourth-order valence-corrected chi connectivity index (χ4v) is 2.60. The van der Waals surface area contributed by atoms with Crippen LogP contribution in [0.25, 0.3) is 0 Å². The minimum absolute atomic E-state index is 0.0603. The van der Waals surface area contributed by atoms with Gasteiger partial charge in [0.1, 0.15) is 12.0 Å². The third kappa shape index (κ3) is 2.14. The van der Waals surface area contributed by atoms with Gasteiger partial charge in [0.05, 0.1) is 5.56 Å². The Kier molecular flexibility index (Phi) is 3.21. The van der Waals surface area contributed by atoms with Gasteiger partial charge in [-0.25, -0.2) is 4.79 Å². The Balaban J connectivity index is 2.18. The second kappa shape index (κ2) is 5.07. The zero-order valence-electron chi connectivity index (χ0n) is 11.3. The number of aliphatic carboxylic acids is 1. The van der Waals surface area contributed by atoms with Gasteiger partial charge in [-0.2, -0.15) is 0 Å². The average molecular weight is 300 g/mol. The summed E-state index contributed by atoms with van der Waals surface area (Å²) in [5, 5.41) is 28.6. The molecule has 0 aliphatic carbocycles. The molecule has 2 atom stereocenters. The lowest BCUT2D eigenvalue weighted by Gasteiger charge is -2.30. The summed E-state index contributed by atoms with van der Waals surface area (Å²) < 4.78 is 5.26. The summed E-state index contributed by atoms with van der Waals surface area (Å²) in [5.74, 6) is -4.07. The van der Waals surface area contributed by atoms with Crippen LogP contribution in [0.1, 0.15) is 33.5 Å². The Morgan fingerprint density at radius 2 is 1.68 bits per heavy atom. The number of phenols is 2. The highest BCUT2D eigenvalue weighted by atomic mass is 16.5. The molecule has 3 rings (SSSR count). The molecule has 1 aliphatic heterocycles. The average Bonchev–Trinajstić information content (AvgIpc) is 2.49. The number of phenolic OH excluding ortho intramolecular Hbond substituents is 2. The van der Waals surface area contributed by atoms with Crippen LogP contribution in [0, 0.1) is 0 Å². The largest absolute Gasteiger partial charge is 0.504 e. The number of carbonyl (C=O) groups is 2. The molecule has 1 heterocycles. The first-order valence-corrected chi connectivity index (χ1v) is 6.53. The molecule has 0 radical (unpaired) electrons. The molecule has 0 aromatic heterocycles. The first-order chi connectivity index (χ1) is 10.5. The number of rotatable bonds is 2. The van der Waals surface area contributed by atoms with E-state index in [2.05, 4.69) is 0 Å². The van der Waals surface area contributed by atoms with Gasteiger partial charge < -0.3 is 20.1 Å². The number of esters is 1. The van der Waals surface area contributed by atoms with E-state index < -0.39 is 35.5 Å². The lowest BCUT2D eigenvalue weighted by molar-refractivity contribution is -0.142. The number of carbonyl (C=O) groups excluding carboxylic acids is 1. The number of hydrogen-bond acceptors (Lipinski definition) is 5. The normalized spacial score (nSPS) is 20.1. The topological polar surface area (TPSA) is 104 Å². The zero-order chi connectivity index (χ0) is 15.9. The van der Waals surface area contributed by atoms with Crippen molar-refractivity contribution in [3.63, 3.8) is 0 Å². The van der Waals surface area contributed by atoms with E-state index in [4.69, 9.17) is 4.74 Å². The Hall–Kier alpha value is -3.02. The van der Waals surface area contributed by atoms with Crippen molar-refractivity contribution in [2.24, 2.45) is 0 Å². The highest BCUT2D eigenvalue weighted by Gasteiger charge is 2.41. The quantitative estimate of drug-likeness (QED) is 0.580. The van der Waals surface area contributed by atoms with Crippen LogP contribution >= 0.6 is 0 Å². The maximum absolute atomic E-state index is 12.1. The van der Waals surface area contributed by atoms with Crippen LogP contribution < -0.4 is 0 Å². The zero-order valence-corrected chi connectivity index (χ0v) is 11.3. The summed E-state index contributed by atoms with van der Waals surface area (Å²) in [6, 6.07) is 10.6. The summed E-state index contributed by atoms with van der Waals surface area (Å²) in [6.07, 6.45) is -0.998. The maximum Gasteiger partial charge on any atom is 0.339 e. The third-order valence-corrected chi connectivity index (χ3v) is 3.63. The van der Waals surface area contributed by atoms with E-state index in [1.54, 1.807) is 30.3 Å². The molecule has 6 heteroatoms. The second-order valence-corrected chi connectivity index (χ2v) is 4.98. The number of hydrogen-bond donors (Lipinski definition) is 3. The molecule has 22 heavy (non-hydrogen) atoms. The SMILES string of the molecule is O=C1O[C@H](c2ccccc2)[C@@H](C(=O)O)c2cc(O)c(O)cc21. The van der Waals surface area contributed by atoms with Gasteiger partial charge >= 0.3 is 11.9 Å². The number of fused-ring (bicyclic) bond motifs is 1. The number of aromatic hydroxyl groups is 2. The molecular formula is C16H12O6. The van der Waals surface area contributed by atoms with E-state index in [9.17, 15) is 24.9 Å². The molecule has 0 saturated carbocycles. The van der Waals surface area contributed by atoms with Crippen LogP contribution in [0.2, 0.25) is 0 Å². The van der Waals surface area contributed by atoms with Crippen molar-refractivity contribution in [3.8, 4) is 11.5 Å². The van der Waals surface area contributed by atoms with Crippen molar-refractivity contribution in [1.29, 1.82) is 0 Å². The summed E-state index contributed by atoms with van der Waals surface area (Å²) in [7, 11) is 0. The number of cyclic esters (lactones) is 1. The van der Waals surface area contributed by atoms with E-state index in [1.807, 2.05) is 0 Å². The minimum Gasteiger partial charge on any atom is -0.504 e. The molecule has 0 spiro atoms. The number of ether oxygens (including phenoxy) is 1. The molecule has 6 nitrogen and oxygen atoms in total. The van der Waals surface area contributed by atoms with Gasteiger partial charge in [0.15, 0.2) is 11.5 Å². The van der Waals surface area contributed by atoms with Crippen molar-refractivity contribution in [1.82, 2.24) is 0 Å². The summed E-state index contributed by atoms with van der Waals surface area (Å²) >= 11 is 0. The standard InChI is InChI=1S/C16H12O6/c17-11-6-9-10(7-12(11)18)16(21)22-14(13(9)15(19)20)8-4-2-1-3-5-8/h1-7,13-14,17-18H,(H,19,20)/t13-,14+/m0/s1. The monoisotopic (exact) mass is 300 g/mol. The van der Waals surface area contributed by atoms with Crippen LogP contribution in [0.3, 0.4) is 0 Å². The Morgan fingerprint density at radius 1 is 1.05 bits per heavy atom. The van der Waals surface area contributed by atoms with Gasteiger partial charge in [0, 0.05) is 0 Å². The molecular weight excluding hydrogens is 288 g/mol. The maximum atomic E-state index is 12.1. The van der Waals surface area contributed by atoms with Gasteiger partial charge in [-0.3, -0.25) is 4.79 Å². The molecule has 0 bridgehead atoms. The second-order valence-electron chi connectivity index (χ2n) is 4.98. The predicted molar refractivity (Wildman–Crippen MR) is 74.7 cm³/mol. The van der Waals surface area contributed by atoms with Gasteiger partial charge in [-0.05, 0) is 23.3 Å². The summed E-state index contributed by atoms with van der Waals surface area (Å²) in [5.41, 5.74) is 0.601. The van der Waals surface area contributed by atoms with Crippen LogP contribution in [0.15, 0.2) is 42.5 Å². The Morgan fingerprint density at radius 3 is 2.32 bits per heavy atom. The Bertz CT molecular complexity index is 753. The number of benzene rings is 2. The van der Waals surface area contributed by atoms with E-state index in [-0.39, 0.29) is 11.1 Å².